The van der Waals surface area contributed by atoms with E-state index in [2.05, 4.69) is 5.32 Å². The summed E-state index contributed by atoms with van der Waals surface area (Å²) in [6, 6.07) is 5.07. The molecule has 1 aliphatic heterocycles. The van der Waals surface area contributed by atoms with Crippen molar-refractivity contribution in [2.24, 2.45) is 0 Å². The van der Waals surface area contributed by atoms with E-state index in [1.165, 1.54) is 47.0 Å². The second kappa shape index (κ2) is 9.51. The molecule has 0 bridgehead atoms. The molecule has 172 valence electrons. The number of nitrogens with zero attached hydrogens (tertiary/aromatic N) is 1. The fraction of sp³-hybridized carbons (Fsp3) is 0.455. The van der Waals surface area contributed by atoms with Gasteiger partial charge in [-0.05, 0) is 68.4 Å². The minimum Gasteiger partial charge on any atom is -0.465 e. The zero-order valence-corrected chi connectivity index (χ0v) is 20.1. The zero-order valence-electron chi connectivity index (χ0n) is 17.7. The highest BCUT2D eigenvalue weighted by atomic mass is 35.5. The summed E-state index contributed by atoms with van der Waals surface area (Å²) >= 11 is 7.28. The molecule has 0 radical (unpaired) electrons. The number of aryl methyl sites for hydroxylation is 1. The summed E-state index contributed by atoms with van der Waals surface area (Å²) in [5.41, 5.74) is 1.36. The molecule has 0 saturated carbocycles. The molecule has 1 amide bonds. The second-order valence-corrected chi connectivity index (χ2v) is 11.4. The number of fused-ring (bicyclic) bond motifs is 1. The number of methoxy groups -OCH3 is 1. The Morgan fingerprint density at radius 1 is 1.12 bits per heavy atom. The van der Waals surface area contributed by atoms with E-state index in [1.54, 1.807) is 0 Å². The van der Waals surface area contributed by atoms with Gasteiger partial charge in [-0.1, -0.05) is 18.0 Å². The molecule has 1 aromatic heterocycles. The molecular formula is C22H25ClN2O5S2. The number of hydrogen-bond donors (Lipinski definition) is 1. The Morgan fingerprint density at radius 3 is 2.56 bits per heavy atom. The summed E-state index contributed by atoms with van der Waals surface area (Å²) in [5.74, 6) is -0.904. The molecule has 1 N–H and O–H groups in total. The van der Waals surface area contributed by atoms with Crippen molar-refractivity contribution in [1.82, 2.24) is 4.31 Å². The monoisotopic (exact) mass is 496 g/mol. The number of carbonyl (C=O) groups is 2. The van der Waals surface area contributed by atoms with Crippen LogP contribution < -0.4 is 5.32 Å². The molecule has 2 aliphatic rings. The summed E-state index contributed by atoms with van der Waals surface area (Å²) < 4.78 is 32.6. The number of hydrogen-bond acceptors (Lipinski definition) is 6. The first-order valence-corrected chi connectivity index (χ1v) is 13.3. The lowest BCUT2D eigenvalue weighted by Crippen LogP contribution is -2.43. The maximum Gasteiger partial charge on any atom is 0.341 e. The van der Waals surface area contributed by atoms with E-state index in [0.717, 1.165) is 42.5 Å². The second-order valence-electron chi connectivity index (χ2n) is 7.98. The zero-order chi connectivity index (χ0) is 22.9. The molecule has 0 spiro atoms. The van der Waals surface area contributed by atoms with E-state index in [1.807, 2.05) is 0 Å². The highest BCUT2D eigenvalue weighted by Crippen LogP contribution is 2.38. The largest absolute Gasteiger partial charge is 0.465 e. The quantitative estimate of drug-likeness (QED) is 0.493. The van der Waals surface area contributed by atoms with Crippen molar-refractivity contribution in [3.63, 3.8) is 0 Å². The predicted molar refractivity (Wildman–Crippen MR) is 124 cm³/mol. The summed E-state index contributed by atoms with van der Waals surface area (Å²) in [6.07, 6.45) is 5.75. The van der Waals surface area contributed by atoms with Crippen LogP contribution in [-0.4, -0.2) is 44.3 Å². The van der Waals surface area contributed by atoms with Crippen LogP contribution in [-0.2, 0) is 32.4 Å². The molecule has 32 heavy (non-hydrogen) atoms. The molecular weight excluding hydrogens is 472 g/mol. The number of carbonyl (C=O) groups excluding carboxylic acids is 2. The van der Waals surface area contributed by atoms with Crippen molar-refractivity contribution >= 4 is 49.8 Å². The summed E-state index contributed by atoms with van der Waals surface area (Å²) in [6.45, 7) is 0.258. The fourth-order valence-corrected chi connectivity index (χ4v) is 7.44. The lowest BCUT2D eigenvalue weighted by Gasteiger charge is -2.23. The Bertz CT molecular complexity index is 1130. The third-order valence-corrected chi connectivity index (χ3v) is 9.36. The van der Waals surface area contributed by atoms with Gasteiger partial charge in [0, 0.05) is 16.4 Å². The van der Waals surface area contributed by atoms with Crippen LogP contribution in [0, 0.1) is 0 Å². The molecule has 1 unspecified atom stereocenters. The fourth-order valence-electron chi connectivity index (χ4n) is 4.38. The van der Waals surface area contributed by atoms with E-state index in [0.29, 0.717) is 28.4 Å². The average Bonchev–Trinajstić information content (AvgIpc) is 3.33. The average molecular weight is 497 g/mol. The molecule has 10 heteroatoms. The van der Waals surface area contributed by atoms with Gasteiger partial charge in [0.1, 0.15) is 11.0 Å². The summed E-state index contributed by atoms with van der Waals surface area (Å²) in [4.78, 5) is 26.9. The Labute approximate surface area is 196 Å². The Hall–Kier alpha value is -1.94. The number of esters is 1. The first-order valence-electron chi connectivity index (χ1n) is 10.6. The Morgan fingerprint density at radius 2 is 1.84 bits per heavy atom. The highest BCUT2D eigenvalue weighted by molar-refractivity contribution is 7.89. The third-order valence-electron chi connectivity index (χ3n) is 5.97. The van der Waals surface area contributed by atoms with Crippen molar-refractivity contribution < 1.29 is 22.7 Å². The van der Waals surface area contributed by atoms with Crippen LogP contribution in [0.5, 0.6) is 0 Å². The lowest BCUT2D eigenvalue weighted by molar-refractivity contribution is -0.119. The number of benzene rings is 1. The van der Waals surface area contributed by atoms with Crippen LogP contribution in [0.3, 0.4) is 0 Å². The van der Waals surface area contributed by atoms with E-state index >= 15 is 0 Å². The van der Waals surface area contributed by atoms with Crippen LogP contribution in [0.4, 0.5) is 5.00 Å². The molecule has 1 aliphatic carbocycles. The predicted octanol–water partition coefficient (Wildman–Crippen LogP) is 4.25. The topological polar surface area (TPSA) is 92.8 Å². The van der Waals surface area contributed by atoms with E-state index in [4.69, 9.17) is 16.3 Å². The van der Waals surface area contributed by atoms with E-state index in [9.17, 15) is 18.0 Å². The summed E-state index contributed by atoms with van der Waals surface area (Å²) in [5, 5.41) is 3.75. The molecule has 2 heterocycles. The van der Waals surface area contributed by atoms with Crippen molar-refractivity contribution in [3.05, 3.63) is 45.3 Å². The number of anilines is 1. The number of amides is 1. The molecule has 7 nitrogen and oxygen atoms in total. The number of rotatable bonds is 5. The Kier molecular flexibility index (Phi) is 6.90. The first-order chi connectivity index (χ1) is 15.3. The lowest BCUT2D eigenvalue weighted by atomic mass is 10.1. The highest BCUT2D eigenvalue weighted by Gasteiger charge is 2.40. The SMILES string of the molecule is COC(=O)c1c(NC(=O)C2CCCN2S(=O)(=O)c2ccc(Cl)cc2)sc2c1CCCCC2. The first kappa shape index (κ1) is 23.2. The van der Waals surface area contributed by atoms with Crippen molar-refractivity contribution in [1.29, 1.82) is 0 Å². The van der Waals surface area contributed by atoms with Crippen LogP contribution in [0.1, 0.15) is 52.9 Å². The minimum absolute atomic E-state index is 0.0969. The van der Waals surface area contributed by atoms with Crippen molar-refractivity contribution in [2.75, 3.05) is 19.0 Å². The number of thiophene rings is 1. The normalized spacial score (nSPS) is 19.2. The smallest absolute Gasteiger partial charge is 0.341 e. The number of nitrogens with one attached hydrogen (secondary N) is 1. The minimum atomic E-state index is -3.85. The van der Waals surface area contributed by atoms with Gasteiger partial charge < -0.3 is 10.1 Å². The van der Waals surface area contributed by atoms with E-state index in [-0.39, 0.29) is 11.4 Å². The molecule has 1 aromatic carbocycles. The van der Waals surface area contributed by atoms with Crippen LogP contribution in [0.15, 0.2) is 29.2 Å². The molecule has 4 rings (SSSR count). The number of sulfonamides is 1. The van der Waals surface area contributed by atoms with Crippen LogP contribution in [0.25, 0.3) is 0 Å². The van der Waals surface area contributed by atoms with Gasteiger partial charge in [-0.3, -0.25) is 4.79 Å². The van der Waals surface area contributed by atoms with Gasteiger partial charge in [-0.15, -0.1) is 11.3 Å². The van der Waals surface area contributed by atoms with Gasteiger partial charge in [0.15, 0.2) is 0 Å². The van der Waals surface area contributed by atoms with Crippen LogP contribution in [0.2, 0.25) is 5.02 Å². The summed E-state index contributed by atoms with van der Waals surface area (Å²) in [7, 11) is -2.53. The van der Waals surface area contributed by atoms with Crippen molar-refractivity contribution in [2.45, 2.75) is 55.9 Å². The van der Waals surface area contributed by atoms with Crippen LogP contribution >= 0.6 is 22.9 Å². The van der Waals surface area contributed by atoms with Gasteiger partial charge in [0.05, 0.1) is 17.6 Å². The maximum absolute atomic E-state index is 13.2. The molecule has 1 saturated heterocycles. The number of halogens is 1. The van der Waals surface area contributed by atoms with Gasteiger partial charge in [0.25, 0.3) is 0 Å². The molecule has 2 aromatic rings. The van der Waals surface area contributed by atoms with Gasteiger partial charge in [-0.2, -0.15) is 4.31 Å². The van der Waals surface area contributed by atoms with Gasteiger partial charge in [0.2, 0.25) is 15.9 Å². The Balaban J connectivity index is 1.61. The number of ether oxygens (including phenoxy) is 1. The van der Waals surface area contributed by atoms with Gasteiger partial charge >= 0.3 is 5.97 Å². The standard InChI is InChI=1S/C22H25ClN2O5S2/c1-30-22(27)19-16-6-3-2-4-8-18(16)31-21(19)24-20(26)17-7-5-13-25(17)32(28,29)15-11-9-14(23)10-12-15/h9-12,17H,2-8,13H2,1H3,(H,24,26). The van der Waals surface area contributed by atoms with Crippen molar-refractivity contribution in [3.8, 4) is 0 Å². The maximum atomic E-state index is 13.2. The third kappa shape index (κ3) is 4.44. The molecule has 1 atom stereocenters. The van der Waals surface area contributed by atoms with E-state index < -0.39 is 27.9 Å². The molecule has 1 fully saturated rings. The van der Waals surface area contributed by atoms with Gasteiger partial charge in [-0.25, -0.2) is 13.2 Å².